The lowest BCUT2D eigenvalue weighted by molar-refractivity contribution is 0.869. The van der Waals surface area contributed by atoms with Crippen LogP contribution in [0.2, 0.25) is 0 Å². The van der Waals surface area contributed by atoms with Gasteiger partial charge >= 0.3 is 0 Å². The first-order valence-corrected chi connectivity index (χ1v) is 24.6. The van der Waals surface area contributed by atoms with E-state index in [9.17, 15) is 0 Å². The third-order valence-corrected chi connectivity index (χ3v) is 16.6. The van der Waals surface area contributed by atoms with Crippen molar-refractivity contribution < 1.29 is 0 Å². The minimum absolute atomic E-state index is 0.443. The van der Waals surface area contributed by atoms with E-state index in [1.165, 1.54) is 173 Å². The highest BCUT2D eigenvalue weighted by Gasteiger charge is 2.24. The van der Waals surface area contributed by atoms with Crippen LogP contribution in [0, 0.1) is 0 Å². The van der Waals surface area contributed by atoms with E-state index in [-0.39, 0.29) is 0 Å². The van der Waals surface area contributed by atoms with Crippen molar-refractivity contribution in [3.63, 3.8) is 0 Å². The van der Waals surface area contributed by atoms with Crippen molar-refractivity contribution in [2.24, 2.45) is 0 Å². The summed E-state index contributed by atoms with van der Waals surface area (Å²) in [4.78, 5) is 0. The quantitative estimate of drug-likeness (QED) is 0.122. The van der Waals surface area contributed by atoms with E-state index in [0.717, 1.165) is 0 Å². The second-order valence-electron chi connectivity index (χ2n) is 20.5. The molecule has 0 radical (unpaired) electrons. The predicted octanol–water partition coefficient (Wildman–Crippen LogP) is 20.0. The fourth-order valence-corrected chi connectivity index (χ4v) is 13.7. The van der Waals surface area contributed by atoms with Crippen LogP contribution in [0.4, 0.5) is 0 Å². The molecule has 0 fully saturated rings. The summed E-state index contributed by atoms with van der Waals surface area (Å²) in [6, 6.07) is 70.7. The van der Waals surface area contributed by atoms with Crippen LogP contribution in [0.3, 0.4) is 0 Å². The Hall–Kier alpha value is -8.06. The second kappa shape index (κ2) is 12.9. The molecule has 0 heteroatoms. The highest BCUT2D eigenvalue weighted by molar-refractivity contribution is 6.45. The Morgan fingerprint density at radius 1 is 0.206 bits per heavy atom. The van der Waals surface area contributed by atoms with Gasteiger partial charge < -0.3 is 0 Å². The van der Waals surface area contributed by atoms with Crippen LogP contribution in [0.5, 0.6) is 0 Å². The lowest BCUT2D eigenvalue weighted by Crippen LogP contribution is -1.94. The van der Waals surface area contributed by atoms with E-state index in [4.69, 9.17) is 0 Å². The number of rotatable bonds is 4. The van der Waals surface area contributed by atoms with Crippen molar-refractivity contribution in [3.05, 3.63) is 193 Å². The smallest absolute Gasteiger partial charge is 0.00139 e. The third kappa shape index (κ3) is 4.52. The Kier molecular flexibility index (Phi) is 7.02. The fraction of sp³-hybridized carbons (Fsp3) is 0.0882. The van der Waals surface area contributed by atoms with Gasteiger partial charge in [0, 0.05) is 0 Å². The molecule has 0 saturated heterocycles. The van der Waals surface area contributed by atoms with Gasteiger partial charge in [-0.2, -0.15) is 0 Å². The van der Waals surface area contributed by atoms with Crippen LogP contribution in [0.15, 0.2) is 182 Å². The fourth-order valence-electron chi connectivity index (χ4n) is 13.7. The molecule has 0 amide bonds. The Balaban J connectivity index is 0.920. The largest absolute Gasteiger partial charge is 0.0619 e. The number of hydrogen-bond acceptors (Lipinski definition) is 0. The average Bonchev–Trinajstić information content (AvgIpc) is 3.86. The Morgan fingerprint density at radius 2 is 0.471 bits per heavy atom. The van der Waals surface area contributed by atoms with Crippen LogP contribution in [-0.2, 0) is 0 Å². The van der Waals surface area contributed by atoms with E-state index in [1.54, 1.807) is 0 Å². The van der Waals surface area contributed by atoms with Crippen LogP contribution >= 0.6 is 0 Å². The molecule has 0 aliphatic heterocycles. The Morgan fingerprint density at radius 3 is 0.809 bits per heavy atom. The van der Waals surface area contributed by atoms with Gasteiger partial charge in [0.25, 0.3) is 0 Å². The van der Waals surface area contributed by atoms with Gasteiger partial charge in [0.15, 0.2) is 0 Å². The van der Waals surface area contributed by atoms with Crippen molar-refractivity contribution >= 4 is 140 Å². The Labute approximate surface area is 393 Å². The Bertz CT molecular complexity index is 4350. The molecule has 0 bridgehead atoms. The highest BCUT2D eigenvalue weighted by atomic mass is 14.3. The van der Waals surface area contributed by atoms with E-state index >= 15 is 0 Å². The molecule has 16 rings (SSSR count). The van der Waals surface area contributed by atoms with Crippen molar-refractivity contribution in [2.75, 3.05) is 0 Å². The molecular weight excluding hydrogens is 817 g/mol. The zero-order chi connectivity index (χ0) is 44.8. The van der Waals surface area contributed by atoms with E-state index < -0.39 is 0 Å². The molecule has 0 aliphatic carbocycles. The molecule has 0 nitrogen and oxygen atoms in total. The summed E-state index contributed by atoms with van der Waals surface area (Å²) in [6.07, 6.45) is 0. The average molecular weight is 861 g/mol. The molecule has 316 valence electrons. The zero-order valence-corrected chi connectivity index (χ0v) is 38.5. The summed E-state index contributed by atoms with van der Waals surface area (Å²) in [5.41, 5.74) is 8.11. The van der Waals surface area contributed by atoms with Gasteiger partial charge in [0.2, 0.25) is 0 Å². The number of hydrogen-bond donors (Lipinski definition) is 0. The molecular formula is C68H44. The van der Waals surface area contributed by atoms with Crippen molar-refractivity contribution in [2.45, 2.75) is 39.5 Å². The van der Waals surface area contributed by atoms with Gasteiger partial charge in [0.1, 0.15) is 0 Å². The maximum Gasteiger partial charge on any atom is -0.00139 e. The van der Waals surface area contributed by atoms with Crippen LogP contribution < -0.4 is 0 Å². The normalized spacial score (nSPS) is 13.0. The summed E-state index contributed by atoms with van der Waals surface area (Å²) in [7, 11) is 0. The maximum absolute atomic E-state index is 2.49. The molecule has 0 saturated carbocycles. The topological polar surface area (TPSA) is 0 Å². The number of benzene rings is 14. The molecule has 16 aromatic rings. The number of fused-ring (bicyclic) bond motifs is 11. The van der Waals surface area contributed by atoms with E-state index in [1.807, 2.05) is 0 Å². The molecule has 0 aromatic heterocycles. The van der Waals surface area contributed by atoms with Gasteiger partial charge in [0.05, 0.1) is 0 Å². The first-order chi connectivity index (χ1) is 33.4. The summed E-state index contributed by atoms with van der Waals surface area (Å²) in [5, 5.41) is 35.1. The minimum atomic E-state index is 0.443. The molecule has 68 heavy (non-hydrogen) atoms. The van der Waals surface area contributed by atoms with Gasteiger partial charge in [-0.05, 0) is 210 Å². The molecule has 0 N–H and O–H groups in total. The SMILES string of the molecule is CC(C)c1ccccc1-c1ccc2c3ccc4c5cc6cc7c(cc6cc5c5ccc(c6cccc1c62)c3c54)c1ccc2c3cccc4c(-c5ccccc5C(C)C)ccc(c5ccc7c1c25)c43. The van der Waals surface area contributed by atoms with Crippen molar-refractivity contribution in [1.29, 1.82) is 0 Å². The zero-order valence-electron chi connectivity index (χ0n) is 38.5. The lowest BCUT2D eigenvalue weighted by Gasteiger charge is -2.19. The lowest BCUT2D eigenvalue weighted by atomic mass is 9.84. The summed E-state index contributed by atoms with van der Waals surface area (Å²) in [5.74, 6) is 0.886. The molecule has 0 unspecified atom stereocenters. The van der Waals surface area contributed by atoms with E-state index in [0.29, 0.717) is 11.8 Å². The second-order valence-corrected chi connectivity index (χ2v) is 20.5. The van der Waals surface area contributed by atoms with Crippen molar-refractivity contribution in [1.82, 2.24) is 0 Å². The van der Waals surface area contributed by atoms with Gasteiger partial charge in [-0.3, -0.25) is 0 Å². The summed E-state index contributed by atoms with van der Waals surface area (Å²) < 4.78 is 0. The molecule has 0 spiro atoms. The first kappa shape index (κ1) is 37.1. The molecule has 0 aliphatic rings. The van der Waals surface area contributed by atoms with Crippen LogP contribution in [0.25, 0.3) is 162 Å². The third-order valence-electron chi connectivity index (χ3n) is 16.6. The minimum Gasteiger partial charge on any atom is -0.0619 e. The molecule has 0 atom stereocenters. The van der Waals surface area contributed by atoms with Gasteiger partial charge in [-0.25, -0.2) is 0 Å². The maximum atomic E-state index is 2.49. The van der Waals surface area contributed by atoms with Crippen LogP contribution in [0.1, 0.15) is 50.7 Å². The first-order valence-electron chi connectivity index (χ1n) is 24.6. The van der Waals surface area contributed by atoms with Gasteiger partial charge in [-0.1, -0.05) is 185 Å². The summed E-state index contributed by atoms with van der Waals surface area (Å²) >= 11 is 0. The molecule has 16 aromatic carbocycles. The van der Waals surface area contributed by atoms with Crippen LogP contribution in [-0.4, -0.2) is 0 Å². The predicted molar refractivity (Wildman–Crippen MR) is 298 cm³/mol. The monoisotopic (exact) mass is 860 g/mol. The summed E-state index contributed by atoms with van der Waals surface area (Å²) in [6.45, 7) is 9.21. The van der Waals surface area contributed by atoms with E-state index in [2.05, 4.69) is 210 Å². The standard InChI is InChI=1S/C68H44/c1-35(2)39-11-5-7-13-41(39)43-19-21-49-53-25-29-57-61-33-38-34-62-58-30-26-54-50-22-20-44(42-14-8-6-12-40(42)36(3)4)46-16-10-18-48(64(46)50)52-24-28-56(68(58)66(52)54)60(62)32-37(38)31-59(61)55-27-23-51(65(53)67(55)57)47-17-9-15-45(43)63(47)49/h5-36H,1-4H3. The highest BCUT2D eigenvalue weighted by Crippen LogP contribution is 2.52. The molecule has 0 heterocycles. The van der Waals surface area contributed by atoms with Gasteiger partial charge in [-0.15, -0.1) is 0 Å². The van der Waals surface area contributed by atoms with Crippen molar-refractivity contribution in [3.8, 4) is 22.3 Å².